The molecular formula is C22H27F3N4O3S2. The molecule has 1 aromatic heterocycles. The van der Waals surface area contributed by atoms with E-state index in [0.717, 1.165) is 55.5 Å². The molecule has 2 amide bonds. The van der Waals surface area contributed by atoms with Crippen molar-refractivity contribution in [3.05, 3.63) is 24.3 Å². The molecule has 0 spiro atoms. The summed E-state index contributed by atoms with van der Waals surface area (Å²) < 4.78 is 40.9. The molecule has 0 radical (unpaired) electrons. The van der Waals surface area contributed by atoms with E-state index in [1.807, 2.05) is 0 Å². The molecular weight excluding hydrogens is 489 g/mol. The first-order valence-corrected chi connectivity index (χ1v) is 12.9. The Labute approximate surface area is 204 Å². The number of halogens is 3. The molecule has 2 N–H and O–H groups in total. The summed E-state index contributed by atoms with van der Waals surface area (Å²) in [5.41, 5.74) is 0.342. The Morgan fingerprint density at radius 2 is 1.82 bits per heavy atom. The fraction of sp³-hybridized carbons (Fsp3) is 0.545. The van der Waals surface area contributed by atoms with E-state index in [-0.39, 0.29) is 29.2 Å². The fourth-order valence-electron chi connectivity index (χ4n) is 3.80. The van der Waals surface area contributed by atoms with Crippen molar-refractivity contribution in [3.8, 4) is 5.75 Å². The van der Waals surface area contributed by atoms with E-state index in [1.54, 1.807) is 0 Å². The lowest BCUT2D eigenvalue weighted by Crippen LogP contribution is -2.27. The van der Waals surface area contributed by atoms with Crippen LogP contribution in [-0.4, -0.2) is 34.1 Å². The largest absolute Gasteiger partial charge is 0.573 e. The first kappa shape index (κ1) is 26.3. The maximum Gasteiger partial charge on any atom is 0.573 e. The second-order valence-electron chi connectivity index (χ2n) is 8.13. The predicted octanol–water partition coefficient (Wildman–Crippen LogP) is 6.10. The molecule has 7 nitrogen and oxygen atoms in total. The molecule has 1 fully saturated rings. The maximum absolute atomic E-state index is 12.6. The number of thioether (sulfide) groups is 1. The Bertz CT molecular complexity index is 946. The molecule has 0 atom stereocenters. The third-order valence-electron chi connectivity index (χ3n) is 5.52. The molecule has 1 aromatic carbocycles. The minimum atomic E-state index is -4.77. The van der Waals surface area contributed by atoms with Gasteiger partial charge in [-0.15, -0.1) is 23.4 Å². The van der Waals surface area contributed by atoms with Gasteiger partial charge in [0.15, 0.2) is 4.34 Å². The monoisotopic (exact) mass is 516 g/mol. The molecule has 1 aliphatic carbocycles. The summed E-state index contributed by atoms with van der Waals surface area (Å²) in [6.07, 6.45) is 2.88. The Hall–Kier alpha value is -2.34. The van der Waals surface area contributed by atoms with E-state index >= 15 is 0 Å². The van der Waals surface area contributed by atoms with Crippen LogP contribution in [-0.2, 0) is 9.59 Å². The van der Waals surface area contributed by atoms with E-state index in [0.29, 0.717) is 15.2 Å². The van der Waals surface area contributed by atoms with Gasteiger partial charge in [0.2, 0.25) is 16.9 Å². The summed E-state index contributed by atoms with van der Waals surface area (Å²) in [5, 5.41) is 13.8. The standard InChI is InChI=1S/C22H27F3N4O3S2/c1-2-3-4-14-5-7-15(8-6-14)19(31)27-20-28-29-21(34-20)33-13-18(30)26-16-9-11-17(12-10-16)32-22(23,24)25/h9-12,14-15H,2-8,13H2,1H3,(H,26,30)(H,27,28,31). The van der Waals surface area contributed by atoms with Gasteiger partial charge in [-0.3, -0.25) is 9.59 Å². The van der Waals surface area contributed by atoms with Crippen molar-refractivity contribution in [1.82, 2.24) is 10.2 Å². The van der Waals surface area contributed by atoms with Crippen molar-refractivity contribution in [3.63, 3.8) is 0 Å². The summed E-state index contributed by atoms with van der Waals surface area (Å²) in [4.78, 5) is 24.7. The summed E-state index contributed by atoms with van der Waals surface area (Å²) in [5.74, 6) is 0.00762. The normalized spacial score (nSPS) is 18.4. The number of anilines is 2. The average molecular weight is 517 g/mol. The van der Waals surface area contributed by atoms with Crippen molar-refractivity contribution in [1.29, 1.82) is 0 Å². The van der Waals surface area contributed by atoms with Gasteiger partial charge in [-0.2, -0.15) is 0 Å². The number of benzene rings is 1. The molecule has 34 heavy (non-hydrogen) atoms. The smallest absolute Gasteiger partial charge is 0.406 e. The van der Waals surface area contributed by atoms with Gasteiger partial charge >= 0.3 is 6.36 Å². The third-order valence-corrected chi connectivity index (χ3v) is 7.49. The van der Waals surface area contributed by atoms with Crippen LogP contribution in [0.25, 0.3) is 0 Å². The molecule has 3 rings (SSSR count). The number of aromatic nitrogens is 2. The highest BCUT2D eigenvalue weighted by molar-refractivity contribution is 8.01. The van der Waals surface area contributed by atoms with Gasteiger partial charge in [0.1, 0.15) is 5.75 Å². The number of unbranched alkanes of at least 4 members (excludes halogenated alkanes) is 1. The van der Waals surface area contributed by atoms with Crippen LogP contribution in [0.15, 0.2) is 28.6 Å². The van der Waals surface area contributed by atoms with E-state index in [4.69, 9.17) is 0 Å². The van der Waals surface area contributed by atoms with Gasteiger partial charge < -0.3 is 15.4 Å². The quantitative estimate of drug-likeness (QED) is 0.293. The number of carbonyl (C=O) groups excluding carboxylic acids is 2. The predicted molar refractivity (Wildman–Crippen MR) is 126 cm³/mol. The van der Waals surface area contributed by atoms with Crippen LogP contribution in [0.3, 0.4) is 0 Å². The maximum atomic E-state index is 12.6. The van der Waals surface area contributed by atoms with Crippen LogP contribution in [0.5, 0.6) is 5.75 Å². The molecule has 12 heteroatoms. The van der Waals surface area contributed by atoms with Crippen molar-refractivity contribution in [2.24, 2.45) is 11.8 Å². The Kier molecular flexibility index (Phi) is 9.57. The van der Waals surface area contributed by atoms with Crippen LogP contribution < -0.4 is 15.4 Å². The lowest BCUT2D eigenvalue weighted by molar-refractivity contribution is -0.274. The molecule has 0 saturated heterocycles. The Morgan fingerprint density at radius 3 is 2.47 bits per heavy atom. The van der Waals surface area contributed by atoms with Crippen LogP contribution in [0.1, 0.15) is 51.9 Å². The number of hydrogen-bond donors (Lipinski definition) is 2. The fourth-order valence-corrected chi connectivity index (χ4v) is 5.35. The average Bonchev–Trinajstić information content (AvgIpc) is 3.24. The second-order valence-corrected chi connectivity index (χ2v) is 10.3. The Morgan fingerprint density at radius 1 is 1.12 bits per heavy atom. The van der Waals surface area contributed by atoms with E-state index in [9.17, 15) is 22.8 Å². The van der Waals surface area contributed by atoms with Crippen molar-refractivity contribution >= 4 is 45.7 Å². The van der Waals surface area contributed by atoms with E-state index in [1.165, 1.54) is 42.7 Å². The van der Waals surface area contributed by atoms with Gasteiger partial charge in [0.25, 0.3) is 0 Å². The summed E-state index contributed by atoms with van der Waals surface area (Å²) >= 11 is 2.36. The number of nitrogens with one attached hydrogen (secondary N) is 2. The molecule has 0 bridgehead atoms. The molecule has 0 aliphatic heterocycles. The van der Waals surface area contributed by atoms with Crippen LogP contribution in [0.2, 0.25) is 0 Å². The van der Waals surface area contributed by atoms with Crippen molar-refractivity contribution in [2.45, 2.75) is 62.6 Å². The highest BCUT2D eigenvalue weighted by Gasteiger charge is 2.31. The number of alkyl halides is 3. The first-order chi connectivity index (χ1) is 16.2. The zero-order valence-electron chi connectivity index (χ0n) is 18.7. The first-order valence-electron chi connectivity index (χ1n) is 11.1. The molecule has 0 unspecified atom stereocenters. The molecule has 1 heterocycles. The van der Waals surface area contributed by atoms with Crippen LogP contribution >= 0.6 is 23.1 Å². The lowest BCUT2D eigenvalue weighted by atomic mass is 9.79. The van der Waals surface area contributed by atoms with Gasteiger partial charge in [0, 0.05) is 11.6 Å². The molecule has 186 valence electrons. The topological polar surface area (TPSA) is 93.2 Å². The number of rotatable bonds is 10. The molecule has 2 aromatic rings. The summed E-state index contributed by atoms with van der Waals surface area (Å²) in [6.45, 7) is 2.19. The number of amides is 2. The number of hydrogen-bond acceptors (Lipinski definition) is 7. The second kappa shape index (κ2) is 12.4. The van der Waals surface area contributed by atoms with Crippen LogP contribution in [0, 0.1) is 11.8 Å². The SMILES string of the molecule is CCCCC1CCC(C(=O)Nc2nnc(SCC(=O)Nc3ccc(OC(F)(F)F)cc3)s2)CC1. The summed E-state index contributed by atoms with van der Waals surface area (Å²) in [6, 6.07) is 4.88. The lowest BCUT2D eigenvalue weighted by Gasteiger charge is -2.27. The minimum absolute atomic E-state index is 0.00317. The molecule has 1 aliphatic rings. The number of nitrogens with zero attached hydrogens (tertiary/aromatic N) is 2. The third kappa shape index (κ3) is 8.79. The number of ether oxygens (including phenoxy) is 1. The van der Waals surface area contributed by atoms with E-state index in [2.05, 4.69) is 32.5 Å². The Balaban J connectivity index is 1.39. The highest BCUT2D eigenvalue weighted by atomic mass is 32.2. The summed E-state index contributed by atoms with van der Waals surface area (Å²) in [7, 11) is 0. The number of carbonyl (C=O) groups is 2. The highest BCUT2D eigenvalue weighted by Crippen LogP contribution is 2.33. The van der Waals surface area contributed by atoms with Crippen molar-refractivity contribution < 1.29 is 27.5 Å². The van der Waals surface area contributed by atoms with Gasteiger partial charge in [-0.1, -0.05) is 49.3 Å². The van der Waals surface area contributed by atoms with Crippen LogP contribution in [0.4, 0.5) is 24.0 Å². The minimum Gasteiger partial charge on any atom is -0.406 e. The van der Waals surface area contributed by atoms with E-state index < -0.39 is 6.36 Å². The zero-order valence-corrected chi connectivity index (χ0v) is 20.3. The van der Waals surface area contributed by atoms with Crippen molar-refractivity contribution in [2.75, 3.05) is 16.4 Å². The molecule has 1 saturated carbocycles. The van der Waals surface area contributed by atoms with Gasteiger partial charge in [-0.25, -0.2) is 0 Å². The van der Waals surface area contributed by atoms with Gasteiger partial charge in [0.05, 0.1) is 5.75 Å². The zero-order chi connectivity index (χ0) is 24.6. The van der Waals surface area contributed by atoms with Gasteiger partial charge in [-0.05, 0) is 55.9 Å².